The molecule has 0 amide bonds. The molecule has 0 aliphatic heterocycles. The standard InChI is InChI=1S/C12H16O2/c1-4-11(10-7-5-6-8-10)14-12(13)9(2)3/h5-7,11H,2,4,8H2,1,3H3. The van der Waals surface area contributed by atoms with E-state index in [1.807, 2.05) is 19.1 Å². The third-order valence-electron chi connectivity index (χ3n) is 2.18. The average molecular weight is 192 g/mol. The molecule has 0 bridgehead atoms. The molecule has 0 radical (unpaired) electrons. The molecule has 0 saturated carbocycles. The van der Waals surface area contributed by atoms with Crippen LogP contribution >= 0.6 is 0 Å². The summed E-state index contributed by atoms with van der Waals surface area (Å²) in [6.45, 7) is 7.23. The number of hydrogen-bond acceptors (Lipinski definition) is 2. The molecule has 1 atom stereocenters. The molecule has 0 heterocycles. The molecule has 2 heteroatoms. The second-order valence-corrected chi connectivity index (χ2v) is 3.46. The van der Waals surface area contributed by atoms with E-state index in [0.717, 1.165) is 12.8 Å². The smallest absolute Gasteiger partial charge is 0.333 e. The van der Waals surface area contributed by atoms with Gasteiger partial charge in [-0.25, -0.2) is 4.79 Å². The topological polar surface area (TPSA) is 26.3 Å². The van der Waals surface area contributed by atoms with Crippen molar-refractivity contribution in [3.63, 3.8) is 0 Å². The van der Waals surface area contributed by atoms with Gasteiger partial charge in [0, 0.05) is 5.57 Å². The lowest BCUT2D eigenvalue weighted by atomic mass is 10.1. The summed E-state index contributed by atoms with van der Waals surface area (Å²) in [5.74, 6) is -0.301. The zero-order valence-electron chi connectivity index (χ0n) is 8.75. The highest BCUT2D eigenvalue weighted by atomic mass is 16.5. The summed E-state index contributed by atoms with van der Waals surface area (Å²) in [6.07, 6.45) is 7.68. The zero-order valence-corrected chi connectivity index (χ0v) is 8.75. The van der Waals surface area contributed by atoms with Gasteiger partial charge in [0.15, 0.2) is 0 Å². The number of hydrogen-bond donors (Lipinski definition) is 0. The van der Waals surface area contributed by atoms with Crippen LogP contribution in [0.2, 0.25) is 0 Å². The monoisotopic (exact) mass is 192 g/mol. The molecule has 0 N–H and O–H groups in total. The van der Waals surface area contributed by atoms with E-state index in [-0.39, 0.29) is 12.1 Å². The van der Waals surface area contributed by atoms with Gasteiger partial charge in [-0.1, -0.05) is 31.7 Å². The quantitative estimate of drug-likeness (QED) is 0.505. The van der Waals surface area contributed by atoms with Gasteiger partial charge in [0.1, 0.15) is 6.10 Å². The Morgan fingerprint density at radius 2 is 2.43 bits per heavy atom. The van der Waals surface area contributed by atoms with Crippen LogP contribution in [0.4, 0.5) is 0 Å². The molecule has 0 aromatic heterocycles. The number of ether oxygens (including phenoxy) is 1. The van der Waals surface area contributed by atoms with E-state index in [1.54, 1.807) is 6.92 Å². The maximum Gasteiger partial charge on any atom is 0.333 e. The van der Waals surface area contributed by atoms with Gasteiger partial charge in [-0.05, 0) is 25.3 Å². The van der Waals surface area contributed by atoms with Crippen molar-refractivity contribution in [1.29, 1.82) is 0 Å². The normalized spacial score (nSPS) is 16.3. The highest BCUT2D eigenvalue weighted by Gasteiger charge is 2.17. The largest absolute Gasteiger partial charge is 0.454 e. The molecule has 1 rings (SSSR count). The Kier molecular flexibility index (Phi) is 3.69. The van der Waals surface area contributed by atoms with Crippen LogP contribution in [0, 0.1) is 0 Å². The van der Waals surface area contributed by atoms with Crippen molar-refractivity contribution in [2.75, 3.05) is 0 Å². The van der Waals surface area contributed by atoms with Crippen molar-refractivity contribution in [2.24, 2.45) is 0 Å². The van der Waals surface area contributed by atoms with Crippen molar-refractivity contribution >= 4 is 5.97 Å². The van der Waals surface area contributed by atoms with E-state index in [0.29, 0.717) is 5.57 Å². The lowest BCUT2D eigenvalue weighted by Crippen LogP contribution is -2.19. The van der Waals surface area contributed by atoms with Crippen molar-refractivity contribution in [2.45, 2.75) is 32.8 Å². The van der Waals surface area contributed by atoms with Gasteiger partial charge in [0.05, 0.1) is 0 Å². The number of carbonyl (C=O) groups excluding carboxylic acids is 1. The Morgan fingerprint density at radius 3 is 2.86 bits per heavy atom. The molecule has 76 valence electrons. The number of carbonyl (C=O) groups is 1. The lowest BCUT2D eigenvalue weighted by Gasteiger charge is -2.17. The maximum atomic E-state index is 11.3. The highest BCUT2D eigenvalue weighted by Crippen LogP contribution is 2.20. The zero-order chi connectivity index (χ0) is 10.6. The van der Waals surface area contributed by atoms with Crippen LogP contribution in [0.3, 0.4) is 0 Å². The molecule has 0 spiro atoms. The molecule has 1 aliphatic carbocycles. The number of rotatable bonds is 4. The third-order valence-corrected chi connectivity index (χ3v) is 2.18. The van der Waals surface area contributed by atoms with Crippen molar-refractivity contribution in [3.05, 3.63) is 36.0 Å². The summed E-state index contributed by atoms with van der Waals surface area (Å²) in [5, 5.41) is 0. The summed E-state index contributed by atoms with van der Waals surface area (Å²) in [7, 11) is 0. The predicted molar refractivity (Wildman–Crippen MR) is 56.8 cm³/mol. The summed E-state index contributed by atoms with van der Waals surface area (Å²) < 4.78 is 5.30. The molecular weight excluding hydrogens is 176 g/mol. The van der Waals surface area contributed by atoms with Crippen LogP contribution in [-0.4, -0.2) is 12.1 Å². The van der Waals surface area contributed by atoms with Crippen LogP contribution in [0.5, 0.6) is 0 Å². The van der Waals surface area contributed by atoms with E-state index in [2.05, 4.69) is 12.7 Å². The number of esters is 1. The first-order chi connectivity index (χ1) is 6.65. The molecule has 2 nitrogen and oxygen atoms in total. The van der Waals surface area contributed by atoms with Crippen LogP contribution in [0.1, 0.15) is 26.7 Å². The summed E-state index contributed by atoms with van der Waals surface area (Å²) in [6, 6.07) is 0. The first-order valence-electron chi connectivity index (χ1n) is 4.87. The first-order valence-corrected chi connectivity index (χ1v) is 4.87. The second kappa shape index (κ2) is 4.80. The lowest BCUT2D eigenvalue weighted by molar-refractivity contribution is -0.142. The summed E-state index contributed by atoms with van der Waals surface area (Å²) in [5.41, 5.74) is 1.62. The van der Waals surface area contributed by atoms with Crippen molar-refractivity contribution in [1.82, 2.24) is 0 Å². The predicted octanol–water partition coefficient (Wildman–Crippen LogP) is 2.77. The van der Waals surface area contributed by atoms with Crippen molar-refractivity contribution in [3.8, 4) is 0 Å². The SMILES string of the molecule is C=C(C)C(=O)OC(CC)C1=CC=CC1. The minimum atomic E-state index is -0.301. The molecule has 1 aliphatic rings. The Morgan fingerprint density at radius 1 is 1.71 bits per heavy atom. The Bertz CT molecular complexity index is 297. The van der Waals surface area contributed by atoms with Crippen molar-refractivity contribution < 1.29 is 9.53 Å². The second-order valence-electron chi connectivity index (χ2n) is 3.46. The van der Waals surface area contributed by atoms with Gasteiger partial charge in [0.25, 0.3) is 0 Å². The van der Waals surface area contributed by atoms with E-state index in [9.17, 15) is 4.79 Å². The minimum Gasteiger partial charge on any atom is -0.454 e. The van der Waals surface area contributed by atoms with Crippen LogP contribution < -0.4 is 0 Å². The van der Waals surface area contributed by atoms with E-state index < -0.39 is 0 Å². The van der Waals surface area contributed by atoms with E-state index >= 15 is 0 Å². The van der Waals surface area contributed by atoms with Gasteiger partial charge in [-0.3, -0.25) is 0 Å². The first kappa shape index (κ1) is 10.8. The third kappa shape index (κ3) is 2.59. The Labute approximate surface area is 85.0 Å². The molecule has 0 aromatic carbocycles. The van der Waals surface area contributed by atoms with E-state index in [1.165, 1.54) is 5.57 Å². The van der Waals surface area contributed by atoms with Crippen LogP contribution in [0.15, 0.2) is 36.0 Å². The van der Waals surface area contributed by atoms with Gasteiger partial charge < -0.3 is 4.74 Å². The Balaban J connectivity index is 2.55. The number of allylic oxidation sites excluding steroid dienone is 3. The molecule has 0 fully saturated rings. The van der Waals surface area contributed by atoms with Gasteiger partial charge >= 0.3 is 5.97 Å². The molecule has 14 heavy (non-hydrogen) atoms. The maximum absolute atomic E-state index is 11.3. The molecule has 1 unspecified atom stereocenters. The molecular formula is C12H16O2. The average Bonchev–Trinajstić information content (AvgIpc) is 2.66. The van der Waals surface area contributed by atoms with Gasteiger partial charge in [-0.2, -0.15) is 0 Å². The fourth-order valence-electron chi connectivity index (χ4n) is 1.35. The highest BCUT2D eigenvalue weighted by molar-refractivity contribution is 5.87. The van der Waals surface area contributed by atoms with Crippen LogP contribution in [0.25, 0.3) is 0 Å². The summed E-state index contributed by atoms with van der Waals surface area (Å²) in [4.78, 5) is 11.3. The molecule has 0 aromatic rings. The fourth-order valence-corrected chi connectivity index (χ4v) is 1.35. The van der Waals surface area contributed by atoms with Gasteiger partial charge in [-0.15, -0.1) is 0 Å². The fraction of sp³-hybridized carbons (Fsp3) is 0.417. The van der Waals surface area contributed by atoms with Crippen LogP contribution in [-0.2, 0) is 9.53 Å². The minimum absolute atomic E-state index is 0.0887. The Hall–Kier alpha value is -1.31. The summed E-state index contributed by atoms with van der Waals surface area (Å²) >= 11 is 0. The van der Waals surface area contributed by atoms with E-state index in [4.69, 9.17) is 4.74 Å². The van der Waals surface area contributed by atoms with Gasteiger partial charge in [0.2, 0.25) is 0 Å². The molecule has 0 saturated heterocycles.